The summed E-state index contributed by atoms with van der Waals surface area (Å²) in [6.45, 7) is 1.51. The molecule has 106 valence electrons. The van der Waals surface area contributed by atoms with Crippen LogP contribution in [-0.4, -0.2) is 23.9 Å². The van der Waals surface area contributed by atoms with Crippen molar-refractivity contribution in [3.63, 3.8) is 0 Å². The summed E-state index contributed by atoms with van der Waals surface area (Å²) in [6, 6.07) is 1.42. The van der Waals surface area contributed by atoms with Crippen LogP contribution in [0.5, 0.6) is 0 Å². The zero-order chi connectivity index (χ0) is 12.5. The Morgan fingerprint density at radius 1 is 1.47 bits per heavy atom. The van der Waals surface area contributed by atoms with Crippen molar-refractivity contribution >= 4 is 11.7 Å². The maximum absolute atomic E-state index is 13.9. The van der Waals surface area contributed by atoms with Gasteiger partial charge in [0.25, 0.3) is 0 Å². The number of rotatable bonds is 3. The van der Waals surface area contributed by atoms with Gasteiger partial charge in [0.15, 0.2) is 11.6 Å². The first-order chi connectivity index (χ1) is 8.78. The van der Waals surface area contributed by atoms with Crippen LogP contribution >= 0.6 is 0 Å². The molecule has 1 aliphatic carbocycles. The molecule has 1 aromatic rings. The molecule has 5 nitrogen and oxygen atoms in total. The van der Waals surface area contributed by atoms with Crippen molar-refractivity contribution in [2.24, 2.45) is 16.8 Å². The van der Waals surface area contributed by atoms with Crippen molar-refractivity contribution in [2.45, 2.75) is 19.4 Å². The molecular formula is C12H15FN5Pt-. The smallest absolute Gasteiger partial charge is 0.167 e. The van der Waals surface area contributed by atoms with E-state index < -0.39 is 0 Å². The molecule has 7 heteroatoms. The predicted octanol–water partition coefficient (Wildman–Crippen LogP) is 1.59. The first-order valence-corrected chi connectivity index (χ1v) is 6.16. The third kappa shape index (κ3) is 3.12. The number of pyridine rings is 1. The van der Waals surface area contributed by atoms with Crippen LogP contribution in [0.3, 0.4) is 0 Å². The van der Waals surface area contributed by atoms with Gasteiger partial charge < -0.3 is 21.2 Å². The van der Waals surface area contributed by atoms with E-state index in [-0.39, 0.29) is 39.2 Å². The zero-order valence-electron chi connectivity index (χ0n) is 10.3. The van der Waals surface area contributed by atoms with Gasteiger partial charge in [-0.2, -0.15) is 0 Å². The fourth-order valence-corrected chi connectivity index (χ4v) is 1.94. The number of nitrogens with two attached hydrogens (primary N) is 1. The third-order valence-electron chi connectivity index (χ3n) is 3.11. The molecule has 0 amide bonds. The quantitative estimate of drug-likeness (QED) is 0.772. The van der Waals surface area contributed by atoms with Crippen LogP contribution in [0.1, 0.15) is 18.4 Å². The summed E-state index contributed by atoms with van der Waals surface area (Å²) in [5.41, 5.74) is 6.14. The second kappa shape index (κ2) is 5.97. The van der Waals surface area contributed by atoms with E-state index in [1.165, 1.54) is 6.07 Å². The molecule has 0 aromatic carbocycles. The van der Waals surface area contributed by atoms with E-state index >= 15 is 0 Å². The summed E-state index contributed by atoms with van der Waals surface area (Å²) >= 11 is 0. The monoisotopic (exact) mass is 443 g/mol. The molecule has 0 spiro atoms. The molecule has 1 saturated carbocycles. The Kier molecular flexibility index (Phi) is 4.53. The Labute approximate surface area is 125 Å². The van der Waals surface area contributed by atoms with Crippen molar-refractivity contribution in [2.75, 3.05) is 18.1 Å². The van der Waals surface area contributed by atoms with E-state index in [1.807, 2.05) is 0 Å². The van der Waals surface area contributed by atoms with Crippen LogP contribution in [0.15, 0.2) is 17.4 Å². The van der Waals surface area contributed by atoms with Crippen LogP contribution in [0, 0.1) is 11.7 Å². The molecule has 1 aliphatic heterocycles. The van der Waals surface area contributed by atoms with Crippen molar-refractivity contribution in [1.29, 1.82) is 0 Å². The van der Waals surface area contributed by atoms with Crippen LogP contribution in [0.4, 0.5) is 10.2 Å². The Morgan fingerprint density at radius 3 is 2.89 bits per heavy atom. The van der Waals surface area contributed by atoms with Gasteiger partial charge in [-0.05, 0) is 36.9 Å². The summed E-state index contributed by atoms with van der Waals surface area (Å²) in [5, 5.41) is 10.4. The fourth-order valence-electron chi connectivity index (χ4n) is 1.94. The SMILES string of the molecule is NCc1cnc(N2CC[N-]C(C3CC3)=N2)c(F)c1.[Pt]. The van der Waals surface area contributed by atoms with E-state index in [1.54, 1.807) is 11.2 Å². The van der Waals surface area contributed by atoms with Gasteiger partial charge >= 0.3 is 0 Å². The normalized spacial score (nSPS) is 18.4. The zero-order valence-corrected chi connectivity index (χ0v) is 12.6. The molecule has 0 unspecified atom stereocenters. The topological polar surface area (TPSA) is 68.6 Å². The first kappa shape index (κ1) is 14.4. The number of aromatic nitrogens is 1. The second-order valence-electron chi connectivity index (χ2n) is 4.59. The fraction of sp³-hybridized carbons (Fsp3) is 0.500. The maximum atomic E-state index is 13.9. The molecule has 2 aliphatic rings. The van der Waals surface area contributed by atoms with Gasteiger partial charge in [0.05, 0.1) is 0 Å². The van der Waals surface area contributed by atoms with Crippen molar-refractivity contribution < 1.29 is 25.5 Å². The van der Waals surface area contributed by atoms with Crippen LogP contribution in [-0.2, 0) is 27.6 Å². The Bertz CT molecular complexity index is 489. The van der Waals surface area contributed by atoms with E-state index in [9.17, 15) is 4.39 Å². The molecule has 0 atom stereocenters. The number of anilines is 1. The molecule has 3 rings (SSSR count). The molecule has 0 bridgehead atoms. The van der Waals surface area contributed by atoms with Crippen LogP contribution in [0.25, 0.3) is 5.32 Å². The molecule has 2 heterocycles. The van der Waals surface area contributed by atoms with Gasteiger partial charge in [0.2, 0.25) is 0 Å². The van der Waals surface area contributed by atoms with E-state index in [0.29, 0.717) is 24.6 Å². The number of hydrogen-bond acceptors (Lipinski definition) is 4. The molecule has 19 heavy (non-hydrogen) atoms. The van der Waals surface area contributed by atoms with E-state index in [0.717, 1.165) is 18.7 Å². The van der Waals surface area contributed by atoms with E-state index in [4.69, 9.17) is 5.73 Å². The second-order valence-corrected chi connectivity index (χ2v) is 4.59. The summed E-state index contributed by atoms with van der Waals surface area (Å²) in [4.78, 5) is 4.11. The van der Waals surface area contributed by atoms with E-state index in [2.05, 4.69) is 15.4 Å². The molecule has 2 N–H and O–H groups in total. The number of hydrogen-bond donors (Lipinski definition) is 1. The standard InChI is InChI=1S/C12H15FN5.Pt/c13-10-5-8(6-14)7-16-12(10)18-4-3-15-11(17-18)9-1-2-9;/h5,7,9H,1-4,6,14H2;/q-1;. The van der Waals surface area contributed by atoms with Gasteiger partial charge in [0, 0.05) is 40.4 Å². The van der Waals surface area contributed by atoms with Crippen LogP contribution < -0.4 is 10.7 Å². The van der Waals surface area contributed by atoms with Crippen LogP contribution in [0.2, 0.25) is 0 Å². The maximum Gasteiger partial charge on any atom is 0.167 e. The predicted molar refractivity (Wildman–Crippen MR) is 67.8 cm³/mol. The third-order valence-corrected chi connectivity index (χ3v) is 3.11. The Balaban J connectivity index is 0.00000133. The number of nitrogens with zero attached hydrogens (tertiary/aromatic N) is 4. The largest absolute Gasteiger partial charge is 0.466 e. The van der Waals surface area contributed by atoms with Crippen molar-refractivity contribution in [1.82, 2.24) is 4.98 Å². The summed E-state index contributed by atoms with van der Waals surface area (Å²) in [7, 11) is 0. The number of hydrazone groups is 1. The van der Waals surface area contributed by atoms with Crippen molar-refractivity contribution in [3.05, 3.63) is 29.0 Å². The first-order valence-electron chi connectivity index (χ1n) is 6.16. The summed E-state index contributed by atoms with van der Waals surface area (Å²) in [6.07, 6.45) is 3.87. The average molecular weight is 443 g/mol. The minimum atomic E-state index is -0.376. The summed E-state index contributed by atoms with van der Waals surface area (Å²) in [5.74, 6) is 1.20. The molecule has 0 saturated heterocycles. The Hall–Kier alpha value is -1.00. The van der Waals surface area contributed by atoms with Crippen molar-refractivity contribution in [3.8, 4) is 0 Å². The number of halogens is 1. The van der Waals surface area contributed by atoms with Gasteiger partial charge in [-0.25, -0.2) is 9.37 Å². The van der Waals surface area contributed by atoms with Gasteiger partial charge in [-0.3, -0.25) is 0 Å². The van der Waals surface area contributed by atoms with Gasteiger partial charge in [0.1, 0.15) is 0 Å². The molecular weight excluding hydrogens is 428 g/mol. The molecule has 0 radical (unpaired) electrons. The summed E-state index contributed by atoms with van der Waals surface area (Å²) < 4.78 is 13.9. The minimum Gasteiger partial charge on any atom is -0.466 e. The molecule has 1 fully saturated rings. The van der Waals surface area contributed by atoms with Gasteiger partial charge in [-0.1, -0.05) is 5.84 Å². The minimum absolute atomic E-state index is 0. The molecule has 1 aromatic heterocycles. The number of amidine groups is 1. The average Bonchev–Trinajstić information content (AvgIpc) is 3.23. The van der Waals surface area contributed by atoms with Gasteiger partial charge in [-0.15, -0.1) is 0 Å². The Morgan fingerprint density at radius 2 is 2.26 bits per heavy atom.